The van der Waals surface area contributed by atoms with E-state index in [2.05, 4.69) is 223 Å². The summed E-state index contributed by atoms with van der Waals surface area (Å²) in [7, 11) is 0. The van der Waals surface area contributed by atoms with Crippen molar-refractivity contribution in [3.05, 3.63) is 224 Å². The SMILES string of the molecule is c1ccc(-c2ccc(-c3ccc(N(c4ccccc4)c4ccc(-c5cc(-c6ccc(-c7ccccc7)cc6)cc6c5oc5ccccc56)cc4)cc3)cc2)cc1. The second-order valence-electron chi connectivity index (χ2n) is 14.2. The van der Waals surface area contributed by atoms with Gasteiger partial charge in [-0.15, -0.1) is 0 Å². The second-order valence-corrected chi connectivity index (χ2v) is 14.2. The van der Waals surface area contributed by atoms with Crippen LogP contribution in [0, 0.1) is 0 Å². The molecule has 0 atom stereocenters. The summed E-state index contributed by atoms with van der Waals surface area (Å²) in [6.07, 6.45) is 0. The molecule has 0 spiro atoms. The molecule has 0 N–H and O–H groups in total. The maximum absolute atomic E-state index is 6.59. The number of hydrogen-bond acceptors (Lipinski definition) is 2. The molecule has 0 aliphatic heterocycles. The van der Waals surface area contributed by atoms with Gasteiger partial charge in [0.1, 0.15) is 11.2 Å². The summed E-state index contributed by atoms with van der Waals surface area (Å²) in [4.78, 5) is 2.31. The molecule has 264 valence electrons. The highest BCUT2D eigenvalue weighted by atomic mass is 16.3. The van der Waals surface area contributed by atoms with E-state index >= 15 is 0 Å². The molecule has 10 aromatic rings. The quantitative estimate of drug-likeness (QED) is 0.156. The average molecular weight is 716 g/mol. The summed E-state index contributed by atoms with van der Waals surface area (Å²) >= 11 is 0. The van der Waals surface area contributed by atoms with Gasteiger partial charge in [-0.3, -0.25) is 0 Å². The Bertz CT molecular complexity index is 2900. The van der Waals surface area contributed by atoms with E-state index in [-0.39, 0.29) is 0 Å². The normalized spacial score (nSPS) is 11.2. The summed E-state index contributed by atoms with van der Waals surface area (Å²) in [5.74, 6) is 0. The van der Waals surface area contributed by atoms with Crippen molar-refractivity contribution in [3.8, 4) is 55.6 Å². The molecule has 0 aliphatic rings. The van der Waals surface area contributed by atoms with Gasteiger partial charge < -0.3 is 9.32 Å². The lowest BCUT2D eigenvalue weighted by molar-refractivity contribution is 0.670. The van der Waals surface area contributed by atoms with Gasteiger partial charge in [-0.2, -0.15) is 0 Å². The van der Waals surface area contributed by atoms with Gasteiger partial charge in [-0.05, 0) is 105 Å². The predicted molar refractivity (Wildman–Crippen MR) is 236 cm³/mol. The first kappa shape index (κ1) is 33.2. The molecule has 9 aromatic carbocycles. The van der Waals surface area contributed by atoms with E-state index in [9.17, 15) is 0 Å². The Morgan fingerprint density at radius 1 is 0.268 bits per heavy atom. The smallest absolute Gasteiger partial charge is 0.143 e. The lowest BCUT2D eigenvalue weighted by atomic mass is 9.94. The third-order valence-corrected chi connectivity index (χ3v) is 10.7. The number of benzene rings is 9. The highest BCUT2D eigenvalue weighted by Crippen LogP contribution is 2.42. The van der Waals surface area contributed by atoms with E-state index in [4.69, 9.17) is 4.42 Å². The zero-order valence-corrected chi connectivity index (χ0v) is 30.7. The summed E-state index contributed by atoms with van der Waals surface area (Å²) in [6.45, 7) is 0. The molecule has 1 aromatic heterocycles. The van der Waals surface area contributed by atoms with Crippen LogP contribution in [0.5, 0.6) is 0 Å². The van der Waals surface area contributed by atoms with Crippen LogP contribution in [0.2, 0.25) is 0 Å². The van der Waals surface area contributed by atoms with Crippen LogP contribution < -0.4 is 4.90 Å². The van der Waals surface area contributed by atoms with Gasteiger partial charge in [0.2, 0.25) is 0 Å². The molecule has 10 rings (SSSR count). The Morgan fingerprint density at radius 2 is 0.643 bits per heavy atom. The van der Waals surface area contributed by atoms with Crippen molar-refractivity contribution in [2.45, 2.75) is 0 Å². The molecule has 0 amide bonds. The van der Waals surface area contributed by atoms with Crippen LogP contribution in [0.15, 0.2) is 229 Å². The van der Waals surface area contributed by atoms with Gasteiger partial charge in [0.25, 0.3) is 0 Å². The molecule has 0 fully saturated rings. The molecule has 0 saturated carbocycles. The zero-order chi connectivity index (χ0) is 37.3. The highest BCUT2D eigenvalue weighted by Gasteiger charge is 2.17. The van der Waals surface area contributed by atoms with Gasteiger partial charge in [0, 0.05) is 33.4 Å². The Labute approximate surface area is 327 Å². The van der Waals surface area contributed by atoms with Crippen LogP contribution in [0.25, 0.3) is 77.6 Å². The fraction of sp³-hybridized carbons (Fsp3) is 0. The molecule has 56 heavy (non-hydrogen) atoms. The third-order valence-electron chi connectivity index (χ3n) is 10.7. The minimum atomic E-state index is 0.891. The molecule has 0 saturated heterocycles. The van der Waals surface area contributed by atoms with Crippen LogP contribution in [0.4, 0.5) is 17.1 Å². The fourth-order valence-electron chi connectivity index (χ4n) is 7.80. The molecule has 2 nitrogen and oxygen atoms in total. The molecule has 0 unspecified atom stereocenters. The molecular weight excluding hydrogens is 679 g/mol. The van der Waals surface area contributed by atoms with E-state index in [1.165, 1.54) is 38.9 Å². The number of fused-ring (bicyclic) bond motifs is 3. The summed E-state index contributed by atoms with van der Waals surface area (Å²) in [5, 5.41) is 2.24. The number of anilines is 3. The van der Waals surface area contributed by atoms with Gasteiger partial charge in [0.15, 0.2) is 0 Å². The molecule has 0 radical (unpaired) electrons. The van der Waals surface area contributed by atoms with Gasteiger partial charge in [0.05, 0.1) is 0 Å². The first-order valence-corrected chi connectivity index (χ1v) is 19.1. The van der Waals surface area contributed by atoms with Crippen molar-refractivity contribution < 1.29 is 4.42 Å². The molecule has 2 heteroatoms. The van der Waals surface area contributed by atoms with Crippen molar-refractivity contribution in [2.75, 3.05) is 4.90 Å². The standard InChI is InChI=1S/C54H37NO/c1-4-12-38(13-5-1)40-20-22-42(23-21-40)43-28-32-48(33-29-43)55(47-16-8-3-9-17-47)49-34-30-45(31-35-49)51-36-46(37-52-50-18-10-11-19-53(50)56-54(51)52)44-26-24-41(25-27-44)39-14-6-2-7-15-39/h1-37H. The molecule has 0 aliphatic carbocycles. The minimum Gasteiger partial charge on any atom is -0.455 e. The maximum atomic E-state index is 6.59. The van der Waals surface area contributed by atoms with Crippen LogP contribution in [-0.2, 0) is 0 Å². The van der Waals surface area contributed by atoms with E-state index < -0.39 is 0 Å². The number of rotatable bonds is 8. The fourth-order valence-corrected chi connectivity index (χ4v) is 7.80. The van der Waals surface area contributed by atoms with Crippen LogP contribution in [0.1, 0.15) is 0 Å². The van der Waals surface area contributed by atoms with Crippen LogP contribution in [0.3, 0.4) is 0 Å². The van der Waals surface area contributed by atoms with Gasteiger partial charge in [-0.1, -0.05) is 170 Å². The van der Waals surface area contributed by atoms with E-state index in [0.717, 1.165) is 55.7 Å². The third kappa shape index (κ3) is 6.34. The van der Waals surface area contributed by atoms with Crippen LogP contribution in [-0.4, -0.2) is 0 Å². The van der Waals surface area contributed by atoms with E-state index in [1.54, 1.807) is 0 Å². The zero-order valence-electron chi connectivity index (χ0n) is 30.7. The highest BCUT2D eigenvalue weighted by molar-refractivity contribution is 6.11. The number of nitrogens with zero attached hydrogens (tertiary/aromatic N) is 1. The Morgan fingerprint density at radius 3 is 1.16 bits per heavy atom. The number of para-hydroxylation sites is 2. The van der Waals surface area contributed by atoms with Crippen LogP contribution >= 0.6 is 0 Å². The van der Waals surface area contributed by atoms with E-state index in [0.29, 0.717) is 0 Å². The summed E-state index contributed by atoms with van der Waals surface area (Å²) < 4.78 is 6.59. The first-order valence-electron chi connectivity index (χ1n) is 19.1. The monoisotopic (exact) mass is 715 g/mol. The van der Waals surface area contributed by atoms with E-state index in [1.807, 2.05) is 6.07 Å². The number of hydrogen-bond donors (Lipinski definition) is 0. The first-order chi connectivity index (χ1) is 27.7. The Hall–Kier alpha value is -7.42. The number of furan rings is 1. The minimum absolute atomic E-state index is 0.891. The van der Waals surface area contributed by atoms with Gasteiger partial charge >= 0.3 is 0 Å². The average Bonchev–Trinajstić information content (AvgIpc) is 3.67. The maximum Gasteiger partial charge on any atom is 0.143 e. The lowest BCUT2D eigenvalue weighted by Gasteiger charge is -2.26. The summed E-state index contributed by atoms with van der Waals surface area (Å²) in [6, 6.07) is 79.9. The second kappa shape index (κ2) is 14.4. The Balaban J connectivity index is 1.01. The molecular formula is C54H37NO. The molecule has 0 bridgehead atoms. The predicted octanol–water partition coefficient (Wildman–Crippen LogP) is 15.4. The largest absolute Gasteiger partial charge is 0.455 e. The van der Waals surface area contributed by atoms with Crippen molar-refractivity contribution >= 4 is 39.0 Å². The van der Waals surface area contributed by atoms with Crippen molar-refractivity contribution in [1.82, 2.24) is 0 Å². The summed E-state index contributed by atoms with van der Waals surface area (Å²) in [5.41, 5.74) is 16.8. The van der Waals surface area contributed by atoms with Gasteiger partial charge in [-0.25, -0.2) is 0 Å². The van der Waals surface area contributed by atoms with Crippen molar-refractivity contribution in [1.29, 1.82) is 0 Å². The topological polar surface area (TPSA) is 16.4 Å². The molecule has 1 heterocycles. The lowest BCUT2D eigenvalue weighted by Crippen LogP contribution is -2.09. The van der Waals surface area contributed by atoms with Crippen molar-refractivity contribution in [2.24, 2.45) is 0 Å². The van der Waals surface area contributed by atoms with Crippen molar-refractivity contribution in [3.63, 3.8) is 0 Å². The Kier molecular flexibility index (Phi) is 8.55.